The number of halogens is 1. The van der Waals surface area contributed by atoms with E-state index in [9.17, 15) is 4.79 Å². The molecule has 0 saturated carbocycles. The summed E-state index contributed by atoms with van der Waals surface area (Å²) >= 11 is 5.93. The van der Waals surface area contributed by atoms with Crippen LogP contribution >= 0.6 is 11.6 Å². The van der Waals surface area contributed by atoms with Gasteiger partial charge in [-0.25, -0.2) is 0 Å². The highest BCUT2D eigenvalue weighted by Crippen LogP contribution is 2.13. The second-order valence-electron chi connectivity index (χ2n) is 4.83. The van der Waals surface area contributed by atoms with Crippen LogP contribution in [0.15, 0.2) is 54.6 Å². The lowest BCUT2D eigenvalue weighted by atomic mass is 10.1. The largest absolute Gasteiger partial charge is 0.395 e. The van der Waals surface area contributed by atoms with Crippen molar-refractivity contribution in [2.24, 2.45) is 0 Å². The Bertz CT molecular complexity index is 586. The average molecular weight is 304 g/mol. The molecular formula is C17H18ClNO2. The minimum Gasteiger partial charge on any atom is -0.395 e. The fraction of sp³-hybridized carbons (Fsp3) is 0.235. The summed E-state index contributed by atoms with van der Waals surface area (Å²) in [7, 11) is 0. The van der Waals surface area contributed by atoms with Crippen LogP contribution in [0.1, 0.15) is 11.1 Å². The number of hydrogen-bond donors (Lipinski definition) is 1. The second kappa shape index (κ2) is 7.81. The standard InChI is InChI=1S/C17H18ClNO2/c18-16-8-4-7-15(11-16)12-17(21)19(9-10-20)13-14-5-2-1-3-6-14/h1-8,11,20H,9-10,12-13H2. The third kappa shape index (κ3) is 4.88. The van der Waals surface area contributed by atoms with Crippen molar-refractivity contribution >= 4 is 17.5 Å². The van der Waals surface area contributed by atoms with Crippen molar-refractivity contribution < 1.29 is 9.90 Å². The number of rotatable bonds is 6. The van der Waals surface area contributed by atoms with Gasteiger partial charge in [-0.05, 0) is 23.3 Å². The normalized spacial score (nSPS) is 10.4. The molecule has 0 spiro atoms. The first-order chi connectivity index (χ1) is 10.2. The van der Waals surface area contributed by atoms with E-state index in [0.717, 1.165) is 11.1 Å². The van der Waals surface area contributed by atoms with Gasteiger partial charge in [0.2, 0.25) is 5.91 Å². The zero-order valence-corrected chi connectivity index (χ0v) is 12.5. The van der Waals surface area contributed by atoms with Gasteiger partial charge in [0.15, 0.2) is 0 Å². The number of nitrogens with zero attached hydrogens (tertiary/aromatic N) is 1. The molecule has 0 aromatic heterocycles. The van der Waals surface area contributed by atoms with Gasteiger partial charge in [-0.15, -0.1) is 0 Å². The predicted molar refractivity (Wildman–Crippen MR) is 84.1 cm³/mol. The molecule has 0 fully saturated rings. The van der Waals surface area contributed by atoms with E-state index in [1.807, 2.05) is 42.5 Å². The maximum Gasteiger partial charge on any atom is 0.227 e. The molecule has 0 aliphatic heterocycles. The van der Waals surface area contributed by atoms with E-state index in [0.29, 0.717) is 18.1 Å². The molecular weight excluding hydrogens is 286 g/mol. The minimum atomic E-state index is -0.0475. The molecule has 0 saturated heterocycles. The van der Waals surface area contributed by atoms with E-state index in [4.69, 9.17) is 16.7 Å². The molecule has 21 heavy (non-hydrogen) atoms. The Kier molecular flexibility index (Phi) is 5.78. The van der Waals surface area contributed by atoms with Crippen molar-refractivity contribution in [2.75, 3.05) is 13.2 Å². The SMILES string of the molecule is O=C(Cc1cccc(Cl)c1)N(CCO)Cc1ccccc1. The molecule has 0 aliphatic rings. The summed E-state index contributed by atoms with van der Waals surface area (Å²) in [6, 6.07) is 17.0. The smallest absolute Gasteiger partial charge is 0.227 e. The first kappa shape index (κ1) is 15.5. The zero-order valence-electron chi connectivity index (χ0n) is 11.7. The first-order valence-electron chi connectivity index (χ1n) is 6.86. The molecule has 3 nitrogen and oxygen atoms in total. The third-order valence-electron chi connectivity index (χ3n) is 3.18. The molecule has 0 bridgehead atoms. The molecule has 0 unspecified atom stereocenters. The van der Waals surface area contributed by atoms with Gasteiger partial charge in [-0.3, -0.25) is 4.79 Å². The van der Waals surface area contributed by atoms with Crippen molar-refractivity contribution in [2.45, 2.75) is 13.0 Å². The highest BCUT2D eigenvalue weighted by atomic mass is 35.5. The van der Waals surface area contributed by atoms with Gasteiger partial charge >= 0.3 is 0 Å². The Labute approximate surface area is 129 Å². The van der Waals surface area contributed by atoms with E-state index in [1.165, 1.54) is 0 Å². The molecule has 1 N–H and O–H groups in total. The fourth-order valence-electron chi connectivity index (χ4n) is 2.15. The summed E-state index contributed by atoms with van der Waals surface area (Å²) in [5, 5.41) is 9.78. The van der Waals surface area contributed by atoms with Crippen LogP contribution in [0.2, 0.25) is 5.02 Å². The molecule has 0 radical (unpaired) electrons. The number of amides is 1. The monoisotopic (exact) mass is 303 g/mol. The molecule has 110 valence electrons. The van der Waals surface area contributed by atoms with E-state index < -0.39 is 0 Å². The molecule has 2 aromatic carbocycles. The summed E-state index contributed by atoms with van der Waals surface area (Å²) in [5.41, 5.74) is 1.92. The Hall–Kier alpha value is -1.84. The summed E-state index contributed by atoms with van der Waals surface area (Å²) in [5.74, 6) is -0.0184. The maximum absolute atomic E-state index is 12.4. The van der Waals surface area contributed by atoms with Crippen LogP contribution in [0.25, 0.3) is 0 Å². The molecule has 4 heteroatoms. The summed E-state index contributed by atoms with van der Waals surface area (Å²) in [4.78, 5) is 14.1. The number of hydrogen-bond acceptors (Lipinski definition) is 2. The molecule has 2 rings (SSSR count). The van der Waals surface area contributed by atoms with Crippen LogP contribution in [0, 0.1) is 0 Å². The van der Waals surface area contributed by atoms with Crippen molar-refractivity contribution in [3.63, 3.8) is 0 Å². The van der Waals surface area contributed by atoms with E-state index in [-0.39, 0.29) is 18.9 Å². The van der Waals surface area contributed by atoms with Gasteiger partial charge in [0.1, 0.15) is 0 Å². The van der Waals surface area contributed by atoms with Gasteiger partial charge in [0, 0.05) is 18.1 Å². The van der Waals surface area contributed by atoms with Gasteiger partial charge in [0.25, 0.3) is 0 Å². The zero-order chi connectivity index (χ0) is 15.1. The van der Waals surface area contributed by atoms with Gasteiger partial charge in [0.05, 0.1) is 13.0 Å². The van der Waals surface area contributed by atoms with Crippen LogP contribution in [-0.2, 0) is 17.8 Å². The quantitative estimate of drug-likeness (QED) is 0.891. The van der Waals surface area contributed by atoms with Crippen LogP contribution < -0.4 is 0 Å². The van der Waals surface area contributed by atoms with Crippen molar-refractivity contribution in [1.82, 2.24) is 4.90 Å². The Morgan fingerprint density at radius 2 is 1.76 bits per heavy atom. The topological polar surface area (TPSA) is 40.5 Å². The third-order valence-corrected chi connectivity index (χ3v) is 3.42. The predicted octanol–water partition coefficient (Wildman–Crippen LogP) is 2.90. The van der Waals surface area contributed by atoms with Gasteiger partial charge in [-0.2, -0.15) is 0 Å². The van der Waals surface area contributed by atoms with E-state index >= 15 is 0 Å². The van der Waals surface area contributed by atoms with Crippen molar-refractivity contribution in [3.8, 4) is 0 Å². The number of benzene rings is 2. The lowest BCUT2D eigenvalue weighted by Crippen LogP contribution is -2.34. The number of carbonyl (C=O) groups excluding carboxylic acids is 1. The van der Waals surface area contributed by atoms with Crippen LogP contribution in [0.5, 0.6) is 0 Å². The lowest BCUT2D eigenvalue weighted by Gasteiger charge is -2.22. The molecule has 0 heterocycles. The molecule has 0 aliphatic carbocycles. The Morgan fingerprint density at radius 3 is 2.43 bits per heavy atom. The fourth-order valence-corrected chi connectivity index (χ4v) is 2.36. The van der Waals surface area contributed by atoms with E-state index in [2.05, 4.69) is 0 Å². The Morgan fingerprint density at radius 1 is 1.05 bits per heavy atom. The van der Waals surface area contributed by atoms with Crippen molar-refractivity contribution in [1.29, 1.82) is 0 Å². The Balaban J connectivity index is 2.05. The first-order valence-corrected chi connectivity index (χ1v) is 7.24. The number of aliphatic hydroxyl groups is 1. The molecule has 1 amide bonds. The van der Waals surface area contributed by atoms with Crippen LogP contribution in [-0.4, -0.2) is 29.1 Å². The summed E-state index contributed by atoms with van der Waals surface area (Å²) in [6.45, 7) is 0.781. The summed E-state index contributed by atoms with van der Waals surface area (Å²) in [6.07, 6.45) is 0.285. The van der Waals surface area contributed by atoms with Crippen LogP contribution in [0.4, 0.5) is 0 Å². The lowest BCUT2D eigenvalue weighted by molar-refractivity contribution is -0.131. The van der Waals surface area contributed by atoms with E-state index in [1.54, 1.807) is 17.0 Å². The average Bonchev–Trinajstić information content (AvgIpc) is 2.48. The number of aliphatic hydroxyl groups excluding tert-OH is 1. The molecule has 0 atom stereocenters. The van der Waals surface area contributed by atoms with Gasteiger partial charge < -0.3 is 10.0 Å². The molecule has 2 aromatic rings. The second-order valence-corrected chi connectivity index (χ2v) is 5.27. The number of carbonyl (C=O) groups is 1. The minimum absolute atomic E-state index is 0.0184. The highest BCUT2D eigenvalue weighted by molar-refractivity contribution is 6.30. The maximum atomic E-state index is 12.4. The van der Waals surface area contributed by atoms with Gasteiger partial charge in [-0.1, -0.05) is 54.1 Å². The van der Waals surface area contributed by atoms with Crippen molar-refractivity contribution in [3.05, 3.63) is 70.7 Å². The van der Waals surface area contributed by atoms with Crippen LogP contribution in [0.3, 0.4) is 0 Å². The highest BCUT2D eigenvalue weighted by Gasteiger charge is 2.14. The summed E-state index contributed by atoms with van der Waals surface area (Å²) < 4.78 is 0.